The van der Waals surface area contributed by atoms with E-state index in [9.17, 15) is 4.79 Å². The highest BCUT2D eigenvalue weighted by Gasteiger charge is 2.12. The standard InChI is InChI=1S/C14H18N2O.C6H9N/c1-5-11(9-15-4)12-7-6-8-13(16-12)14(17)10(2)3;1-4-6(2)5-7-3/h5-10H,1-4H3;4-5H,1,3H2,2H3/b11-5+,15-9?;6-5-. The number of carbonyl (C=O) groups excluding carboxylic acids is 1. The fourth-order valence-corrected chi connectivity index (χ4v) is 1.65. The van der Waals surface area contributed by atoms with Crippen molar-refractivity contribution in [1.82, 2.24) is 4.98 Å². The Kier molecular flexibility index (Phi) is 10.6. The third kappa shape index (κ3) is 7.58. The Morgan fingerprint density at radius 3 is 2.33 bits per heavy atom. The van der Waals surface area contributed by atoms with Crippen LogP contribution in [0.2, 0.25) is 0 Å². The molecule has 0 aliphatic carbocycles. The van der Waals surface area contributed by atoms with Gasteiger partial charge in [-0.1, -0.05) is 38.6 Å². The van der Waals surface area contributed by atoms with Crippen LogP contribution in [0.25, 0.3) is 5.57 Å². The van der Waals surface area contributed by atoms with E-state index >= 15 is 0 Å². The number of ketones is 1. The van der Waals surface area contributed by atoms with Crippen LogP contribution < -0.4 is 0 Å². The minimum Gasteiger partial charge on any atom is -0.296 e. The second kappa shape index (κ2) is 11.9. The van der Waals surface area contributed by atoms with Crippen LogP contribution in [0.4, 0.5) is 0 Å². The number of aromatic nitrogens is 1. The van der Waals surface area contributed by atoms with Crippen molar-refractivity contribution in [2.24, 2.45) is 15.9 Å². The molecule has 1 heterocycles. The molecule has 0 saturated heterocycles. The van der Waals surface area contributed by atoms with E-state index < -0.39 is 0 Å². The van der Waals surface area contributed by atoms with Crippen LogP contribution in [0.1, 0.15) is 43.9 Å². The molecule has 0 saturated carbocycles. The van der Waals surface area contributed by atoms with Gasteiger partial charge in [-0.15, -0.1) is 0 Å². The number of hydrogen-bond acceptors (Lipinski definition) is 4. The van der Waals surface area contributed by atoms with Gasteiger partial charge < -0.3 is 0 Å². The SMILES string of the molecule is C/C=C(\C=NC)c1cccc(C(=O)C(C)C)n1.C=C/C(C)=C\N=C. The van der Waals surface area contributed by atoms with Crippen molar-refractivity contribution in [1.29, 1.82) is 0 Å². The topological polar surface area (TPSA) is 54.7 Å². The van der Waals surface area contributed by atoms with E-state index in [0.717, 1.165) is 16.8 Å². The summed E-state index contributed by atoms with van der Waals surface area (Å²) in [5.74, 6) is 0.0300. The molecule has 128 valence electrons. The molecule has 0 aromatic carbocycles. The average molecular weight is 325 g/mol. The minimum absolute atomic E-state index is 0.0355. The molecular weight excluding hydrogens is 298 g/mol. The molecule has 1 aromatic heterocycles. The maximum absolute atomic E-state index is 11.8. The predicted octanol–water partition coefficient (Wildman–Crippen LogP) is 4.80. The molecule has 24 heavy (non-hydrogen) atoms. The molecule has 0 spiro atoms. The first-order chi connectivity index (χ1) is 11.4. The summed E-state index contributed by atoms with van der Waals surface area (Å²) in [6.07, 6.45) is 7.06. The van der Waals surface area contributed by atoms with Crippen molar-refractivity contribution < 1.29 is 4.79 Å². The molecule has 0 bridgehead atoms. The van der Waals surface area contributed by atoms with Crippen LogP contribution in [0.5, 0.6) is 0 Å². The van der Waals surface area contributed by atoms with E-state index in [1.807, 2.05) is 45.9 Å². The van der Waals surface area contributed by atoms with Gasteiger partial charge in [-0.25, -0.2) is 4.98 Å². The molecule has 1 aromatic rings. The molecule has 0 aliphatic heterocycles. The number of nitrogens with zero attached hydrogens (tertiary/aromatic N) is 3. The first kappa shape index (κ1) is 21.4. The first-order valence-electron chi connectivity index (χ1n) is 7.76. The molecule has 1 rings (SSSR count). The third-order valence-electron chi connectivity index (χ3n) is 3.02. The highest BCUT2D eigenvalue weighted by Crippen LogP contribution is 2.12. The highest BCUT2D eigenvalue weighted by molar-refractivity contribution is 6.09. The Hall–Kier alpha value is -2.62. The smallest absolute Gasteiger partial charge is 0.183 e. The lowest BCUT2D eigenvalue weighted by molar-refractivity contribution is 0.0934. The van der Waals surface area contributed by atoms with Gasteiger partial charge >= 0.3 is 0 Å². The summed E-state index contributed by atoms with van der Waals surface area (Å²) in [6, 6.07) is 5.49. The lowest BCUT2D eigenvalue weighted by Gasteiger charge is -2.06. The number of allylic oxidation sites excluding steroid dienone is 4. The van der Waals surface area contributed by atoms with Crippen LogP contribution in [-0.4, -0.2) is 30.7 Å². The maximum Gasteiger partial charge on any atom is 0.183 e. The highest BCUT2D eigenvalue weighted by atomic mass is 16.1. The number of Topliss-reactive ketones (excluding diaryl/α,β-unsaturated/α-hetero) is 1. The summed E-state index contributed by atoms with van der Waals surface area (Å²) >= 11 is 0. The van der Waals surface area contributed by atoms with Crippen LogP contribution in [0, 0.1) is 5.92 Å². The van der Waals surface area contributed by atoms with Crippen molar-refractivity contribution in [2.75, 3.05) is 7.05 Å². The second-order valence-electron chi connectivity index (χ2n) is 5.32. The summed E-state index contributed by atoms with van der Waals surface area (Å²) in [5.41, 5.74) is 3.26. The number of hydrogen-bond donors (Lipinski definition) is 0. The molecule has 4 nitrogen and oxygen atoms in total. The monoisotopic (exact) mass is 325 g/mol. The van der Waals surface area contributed by atoms with Crippen molar-refractivity contribution in [3.05, 3.63) is 60.1 Å². The van der Waals surface area contributed by atoms with E-state index in [0.29, 0.717) is 5.69 Å². The summed E-state index contributed by atoms with van der Waals surface area (Å²) in [4.78, 5) is 23.7. The fraction of sp³-hybridized carbons (Fsp3) is 0.300. The van der Waals surface area contributed by atoms with Crippen molar-refractivity contribution >= 4 is 24.3 Å². The van der Waals surface area contributed by atoms with Crippen LogP contribution in [0.15, 0.2) is 58.7 Å². The normalized spacial score (nSPS) is 11.9. The van der Waals surface area contributed by atoms with Crippen molar-refractivity contribution in [3.63, 3.8) is 0 Å². The Morgan fingerprint density at radius 1 is 1.29 bits per heavy atom. The van der Waals surface area contributed by atoms with E-state index in [1.165, 1.54) is 0 Å². The first-order valence-corrected chi connectivity index (χ1v) is 7.76. The lowest BCUT2D eigenvalue weighted by Crippen LogP contribution is -2.10. The number of carbonyl (C=O) groups is 1. The Balaban J connectivity index is 0.000000640. The molecule has 0 atom stereocenters. The van der Waals surface area contributed by atoms with E-state index in [1.54, 1.807) is 31.6 Å². The Morgan fingerprint density at radius 2 is 1.92 bits per heavy atom. The molecule has 0 amide bonds. The minimum atomic E-state index is -0.0355. The molecule has 0 N–H and O–H groups in total. The maximum atomic E-state index is 11.8. The summed E-state index contributed by atoms with van der Waals surface area (Å²) in [5, 5.41) is 0. The third-order valence-corrected chi connectivity index (χ3v) is 3.02. The van der Waals surface area contributed by atoms with Crippen LogP contribution in [0.3, 0.4) is 0 Å². The van der Waals surface area contributed by atoms with Gasteiger partial charge in [0.1, 0.15) is 5.69 Å². The molecule has 0 fully saturated rings. The lowest BCUT2D eigenvalue weighted by atomic mass is 10.0. The van der Waals surface area contributed by atoms with Gasteiger partial charge in [0.2, 0.25) is 0 Å². The number of pyridine rings is 1. The zero-order chi connectivity index (χ0) is 18.5. The van der Waals surface area contributed by atoms with E-state index in [-0.39, 0.29) is 11.7 Å². The van der Waals surface area contributed by atoms with Crippen LogP contribution in [-0.2, 0) is 0 Å². The second-order valence-corrected chi connectivity index (χ2v) is 5.32. The Bertz CT molecular complexity index is 653. The van der Waals surface area contributed by atoms with Gasteiger partial charge in [0.25, 0.3) is 0 Å². The van der Waals surface area contributed by atoms with Gasteiger partial charge in [0.15, 0.2) is 5.78 Å². The van der Waals surface area contributed by atoms with Crippen LogP contribution >= 0.6 is 0 Å². The average Bonchev–Trinajstić information content (AvgIpc) is 2.59. The van der Waals surface area contributed by atoms with Gasteiger partial charge in [-0.05, 0) is 38.3 Å². The zero-order valence-corrected chi connectivity index (χ0v) is 15.3. The number of rotatable bonds is 6. The van der Waals surface area contributed by atoms with Gasteiger partial charge in [0.05, 0.1) is 5.69 Å². The molecule has 0 unspecified atom stereocenters. The summed E-state index contributed by atoms with van der Waals surface area (Å²) in [6.45, 7) is 14.4. The van der Waals surface area contributed by atoms with Gasteiger partial charge in [-0.3, -0.25) is 14.8 Å². The molecular formula is C20H27N3O. The summed E-state index contributed by atoms with van der Waals surface area (Å²) in [7, 11) is 1.71. The van der Waals surface area contributed by atoms with Gasteiger partial charge in [-0.2, -0.15) is 0 Å². The predicted molar refractivity (Wildman–Crippen MR) is 105 cm³/mol. The van der Waals surface area contributed by atoms with E-state index in [2.05, 4.69) is 28.3 Å². The Labute approximate surface area is 145 Å². The molecule has 0 aliphatic rings. The van der Waals surface area contributed by atoms with Crippen molar-refractivity contribution in [3.8, 4) is 0 Å². The molecule has 4 heteroatoms. The summed E-state index contributed by atoms with van der Waals surface area (Å²) < 4.78 is 0. The largest absolute Gasteiger partial charge is 0.296 e. The molecule has 0 radical (unpaired) electrons. The number of aliphatic imine (C=N–C) groups is 2. The van der Waals surface area contributed by atoms with E-state index in [4.69, 9.17) is 0 Å². The quantitative estimate of drug-likeness (QED) is 0.428. The van der Waals surface area contributed by atoms with Crippen molar-refractivity contribution in [2.45, 2.75) is 27.7 Å². The zero-order valence-electron chi connectivity index (χ0n) is 15.3. The fourth-order valence-electron chi connectivity index (χ4n) is 1.65. The van der Waals surface area contributed by atoms with Gasteiger partial charge in [0, 0.05) is 31.0 Å².